The molecule has 7 nitrogen and oxygen atoms in total. The lowest BCUT2D eigenvalue weighted by atomic mass is 9.75. The van der Waals surface area contributed by atoms with E-state index in [-0.39, 0.29) is 24.2 Å². The average Bonchev–Trinajstić information content (AvgIpc) is 3.29. The molecule has 2 aliphatic carbocycles. The zero-order valence-electron chi connectivity index (χ0n) is 22.0. The summed E-state index contributed by atoms with van der Waals surface area (Å²) in [4.78, 5) is 31.0. The van der Waals surface area contributed by atoms with Gasteiger partial charge < -0.3 is 15.0 Å². The highest BCUT2D eigenvalue weighted by Gasteiger charge is 2.44. The summed E-state index contributed by atoms with van der Waals surface area (Å²) in [5.41, 5.74) is -0.424. The number of rotatable bonds is 7. The van der Waals surface area contributed by atoms with E-state index in [9.17, 15) is 14.9 Å². The first kappa shape index (κ1) is 26.4. The van der Waals surface area contributed by atoms with Gasteiger partial charge >= 0.3 is 0 Å². The number of nitrogens with one attached hydrogen (secondary N) is 1. The van der Waals surface area contributed by atoms with Gasteiger partial charge in [-0.1, -0.05) is 46.0 Å². The predicted molar refractivity (Wildman–Crippen MR) is 135 cm³/mol. The molecule has 4 fully saturated rings. The largest absolute Gasteiger partial charge is 0.378 e. The van der Waals surface area contributed by atoms with Gasteiger partial charge in [-0.05, 0) is 49.9 Å². The maximum Gasteiger partial charge on any atom is 0.224 e. The van der Waals surface area contributed by atoms with E-state index in [4.69, 9.17) is 4.74 Å². The molecule has 0 spiro atoms. The normalized spacial score (nSPS) is 29.5. The first-order chi connectivity index (χ1) is 16.8. The number of hydrogen-bond donors (Lipinski definition) is 1. The minimum Gasteiger partial charge on any atom is -0.378 e. The van der Waals surface area contributed by atoms with Crippen LogP contribution >= 0.6 is 0 Å². The third-order valence-corrected chi connectivity index (χ3v) is 9.20. The summed E-state index contributed by atoms with van der Waals surface area (Å²) in [5.74, 6) is 0.0994. The standard InChI is InChI=1S/C28H46N4O3/c1-27(2)10-8-24(9-11-27)32-13-12-28(20-29,21-32)30-26(34)23(18-22-6-4-3-5-7-22)19-25(33)31-14-16-35-17-15-31/h22-24H,3-19,21H2,1-2H3,(H,30,34)/t23-,28-/m1/s1. The fourth-order valence-electron chi connectivity index (χ4n) is 6.72. The van der Waals surface area contributed by atoms with Gasteiger partial charge in [0.05, 0.1) is 19.3 Å². The van der Waals surface area contributed by atoms with Crippen LogP contribution in [-0.4, -0.2) is 72.6 Å². The molecule has 2 aliphatic heterocycles. The molecule has 2 saturated carbocycles. The fraction of sp³-hybridized carbons (Fsp3) is 0.893. The molecule has 4 rings (SSSR count). The molecular formula is C28H46N4O3. The minimum atomic E-state index is -0.836. The van der Waals surface area contributed by atoms with Crippen LogP contribution < -0.4 is 5.32 Å². The zero-order valence-corrected chi connectivity index (χ0v) is 22.0. The molecule has 2 atom stereocenters. The van der Waals surface area contributed by atoms with Crippen molar-refractivity contribution in [3.05, 3.63) is 0 Å². The molecule has 0 aromatic heterocycles. The highest BCUT2D eigenvalue weighted by Crippen LogP contribution is 2.39. The van der Waals surface area contributed by atoms with Crippen molar-refractivity contribution in [3.8, 4) is 6.07 Å². The van der Waals surface area contributed by atoms with Crippen LogP contribution in [0.1, 0.15) is 90.9 Å². The Bertz CT molecular complexity index is 772. The first-order valence-electron chi connectivity index (χ1n) is 14.1. The number of morpholine rings is 1. The molecule has 0 radical (unpaired) electrons. The number of likely N-dealkylation sites (tertiary alicyclic amines) is 1. The monoisotopic (exact) mass is 486 g/mol. The molecule has 0 aromatic carbocycles. The maximum absolute atomic E-state index is 13.6. The van der Waals surface area contributed by atoms with Crippen LogP contribution in [-0.2, 0) is 14.3 Å². The predicted octanol–water partition coefficient (Wildman–Crippen LogP) is 3.87. The molecule has 35 heavy (non-hydrogen) atoms. The van der Waals surface area contributed by atoms with E-state index in [0.29, 0.717) is 56.6 Å². The molecule has 4 aliphatic rings. The molecule has 0 aromatic rings. The Hall–Kier alpha value is -1.65. The molecule has 2 heterocycles. The summed E-state index contributed by atoms with van der Waals surface area (Å²) in [5, 5.41) is 13.4. The smallest absolute Gasteiger partial charge is 0.224 e. The van der Waals surface area contributed by atoms with Crippen LogP contribution in [0.15, 0.2) is 0 Å². The van der Waals surface area contributed by atoms with Crippen LogP contribution in [0.4, 0.5) is 0 Å². The first-order valence-corrected chi connectivity index (χ1v) is 14.1. The van der Waals surface area contributed by atoms with Crippen LogP contribution in [0.5, 0.6) is 0 Å². The molecular weight excluding hydrogens is 440 g/mol. The van der Waals surface area contributed by atoms with Gasteiger partial charge in [0, 0.05) is 44.6 Å². The van der Waals surface area contributed by atoms with E-state index < -0.39 is 5.54 Å². The lowest BCUT2D eigenvalue weighted by Crippen LogP contribution is -2.53. The van der Waals surface area contributed by atoms with Crippen LogP contribution in [0.2, 0.25) is 0 Å². The molecule has 7 heteroatoms. The van der Waals surface area contributed by atoms with E-state index in [0.717, 1.165) is 25.8 Å². The summed E-state index contributed by atoms with van der Waals surface area (Å²) >= 11 is 0. The molecule has 1 N–H and O–H groups in total. The molecule has 2 saturated heterocycles. The Morgan fingerprint density at radius 1 is 1.03 bits per heavy atom. The van der Waals surface area contributed by atoms with E-state index in [1.165, 1.54) is 44.9 Å². The summed E-state index contributed by atoms with van der Waals surface area (Å²) in [6, 6.07) is 2.99. The van der Waals surface area contributed by atoms with Crippen LogP contribution in [0.3, 0.4) is 0 Å². The fourth-order valence-corrected chi connectivity index (χ4v) is 6.72. The second-order valence-electron chi connectivity index (χ2n) is 12.4. The van der Waals surface area contributed by atoms with Crippen molar-refractivity contribution in [3.63, 3.8) is 0 Å². The maximum atomic E-state index is 13.6. The van der Waals surface area contributed by atoms with E-state index in [1.807, 2.05) is 4.90 Å². The lowest BCUT2D eigenvalue weighted by Gasteiger charge is -2.39. The Morgan fingerprint density at radius 3 is 2.37 bits per heavy atom. The highest BCUT2D eigenvalue weighted by atomic mass is 16.5. The average molecular weight is 487 g/mol. The molecule has 196 valence electrons. The number of carbonyl (C=O) groups is 2. The third-order valence-electron chi connectivity index (χ3n) is 9.20. The van der Waals surface area contributed by atoms with Gasteiger partial charge in [-0.25, -0.2) is 0 Å². The van der Waals surface area contributed by atoms with Crippen molar-refractivity contribution in [1.29, 1.82) is 5.26 Å². The zero-order chi connectivity index (χ0) is 24.9. The van der Waals surface area contributed by atoms with Gasteiger partial charge in [0.1, 0.15) is 5.54 Å². The van der Waals surface area contributed by atoms with Crippen molar-refractivity contribution in [2.24, 2.45) is 17.3 Å². The topological polar surface area (TPSA) is 85.7 Å². The Morgan fingerprint density at radius 2 is 1.71 bits per heavy atom. The van der Waals surface area contributed by atoms with Crippen molar-refractivity contribution in [2.45, 2.75) is 102 Å². The highest BCUT2D eigenvalue weighted by molar-refractivity contribution is 5.86. The van der Waals surface area contributed by atoms with Gasteiger partial charge in [-0.3, -0.25) is 14.5 Å². The second-order valence-corrected chi connectivity index (χ2v) is 12.4. The quantitative estimate of drug-likeness (QED) is 0.590. The SMILES string of the molecule is CC1(C)CCC(N2CC[C@](C#N)(NC(=O)[C@@H](CC(=O)N3CCOCC3)CC3CCCCC3)C2)CC1. The number of carbonyl (C=O) groups excluding carboxylic acids is 2. The third kappa shape index (κ3) is 6.98. The summed E-state index contributed by atoms with van der Waals surface area (Å²) in [6.07, 6.45) is 12.4. The van der Waals surface area contributed by atoms with Crippen molar-refractivity contribution >= 4 is 11.8 Å². The van der Waals surface area contributed by atoms with Gasteiger partial charge in [-0.15, -0.1) is 0 Å². The Balaban J connectivity index is 1.39. The van der Waals surface area contributed by atoms with E-state index in [2.05, 4.69) is 30.1 Å². The minimum absolute atomic E-state index is 0.0492. The summed E-state index contributed by atoms with van der Waals surface area (Å²) in [6.45, 7) is 8.49. The van der Waals surface area contributed by atoms with Gasteiger partial charge in [0.25, 0.3) is 0 Å². The molecule has 0 bridgehead atoms. The van der Waals surface area contributed by atoms with Crippen molar-refractivity contribution in [1.82, 2.24) is 15.1 Å². The second kappa shape index (κ2) is 11.6. The molecule has 0 unspecified atom stereocenters. The summed E-state index contributed by atoms with van der Waals surface area (Å²) < 4.78 is 5.40. The summed E-state index contributed by atoms with van der Waals surface area (Å²) in [7, 11) is 0. The van der Waals surface area contributed by atoms with Crippen LogP contribution in [0.25, 0.3) is 0 Å². The number of nitriles is 1. The van der Waals surface area contributed by atoms with E-state index >= 15 is 0 Å². The van der Waals surface area contributed by atoms with E-state index in [1.54, 1.807) is 0 Å². The Labute approximate surface area is 211 Å². The number of amides is 2. The van der Waals surface area contributed by atoms with Gasteiger partial charge in [0.15, 0.2) is 0 Å². The van der Waals surface area contributed by atoms with Crippen LogP contribution in [0, 0.1) is 28.6 Å². The van der Waals surface area contributed by atoms with Crippen molar-refractivity contribution < 1.29 is 14.3 Å². The van der Waals surface area contributed by atoms with Gasteiger partial charge in [-0.2, -0.15) is 5.26 Å². The Kier molecular flexibility index (Phi) is 8.76. The number of ether oxygens (including phenoxy) is 1. The van der Waals surface area contributed by atoms with Crippen molar-refractivity contribution in [2.75, 3.05) is 39.4 Å². The van der Waals surface area contributed by atoms with Gasteiger partial charge in [0.2, 0.25) is 11.8 Å². The lowest BCUT2D eigenvalue weighted by molar-refractivity contribution is -0.140. The number of nitrogens with zero attached hydrogens (tertiary/aromatic N) is 3. The number of hydrogen-bond acceptors (Lipinski definition) is 5. The molecule has 2 amide bonds.